The molecule has 1 aromatic heterocycles. The summed E-state index contributed by atoms with van der Waals surface area (Å²) < 4.78 is 52.6. The molecule has 2 rings (SSSR count). The average molecular weight is 337 g/mol. The van der Waals surface area contributed by atoms with Crippen LogP contribution in [0.25, 0.3) is 0 Å². The van der Waals surface area contributed by atoms with Crippen molar-refractivity contribution in [2.45, 2.75) is 11.4 Å². The Morgan fingerprint density at radius 3 is 2.29 bits per heavy atom. The lowest BCUT2D eigenvalue weighted by Gasteiger charge is -2.24. The lowest BCUT2D eigenvalue weighted by atomic mass is 10.4. The monoisotopic (exact) mass is 337 g/mol. The Morgan fingerprint density at radius 1 is 1.10 bits per heavy atom. The van der Waals surface area contributed by atoms with E-state index in [2.05, 4.69) is 9.97 Å². The molecule has 1 fully saturated rings. The molecule has 0 radical (unpaired) electrons. The van der Waals surface area contributed by atoms with Crippen LogP contribution in [-0.4, -0.2) is 80.0 Å². The quantitative estimate of drug-likeness (QED) is 0.751. The maximum Gasteiger partial charge on any atom is 0.281 e. The largest absolute Gasteiger partial charge is 0.335 e. The molecule has 9 nitrogen and oxygen atoms in total. The molecule has 1 aliphatic heterocycles. The molecule has 2 heterocycles. The fraction of sp³-hybridized carbons (Fsp3) is 0.700. The van der Waals surface area contributed by atoms with E-state index in [4.69, 9.17) is 0 Å². The standard InChI is InChI=1S/C10H19N5O4S2/c1-13(2)21(18,19)15-5-3-4-14(6-7-15)20(16,17)10-8-11-9-12-10/h8-9H,3-7H2,1-2H3,(H,11,12). The van der Waals surface area contributed by atoms with Gasteiger partial charge in [0.05, 0.1) is 12.5 Å². The fourth-order valence-electron chi connectivity index (χ4n) is 2.10. The number of hydrogen-bond acceptors (Lipinski definition) is 5. The Labute approximate surface area is 124 Å². The molecule has 0 unspecified atom stereocenters. The molecule has 120 valence electrons. The normalized spacial score (nSPS) is 19.8. The van der Waals surface area contributed by atoms with E-state index in [1.54, 1.807) is 0 Å². The van der Waals surface area contributed by atoms with E-state index in [0.717, 1.165) is 4.31 Å². The smallest absolute Gasteiger partial charge is 0.281 e. The molecule has 1 aromatic rings. The van der Waals surface area contributed by atoms with Crippen molar-refractivity contribution in [3.05, 3.63) is 12.5 Å². The van der Waals surface area contributed by atoms with Gasteiger partial charge in [0, 0.05) is 40.3 Å². The Bertz CT molecular complexity index is 668. The number of rotatable bonds is 4. The summed E-state index contributed by atoms with van der Waals surface area (Å²) in [6, 6.07) is 0. The summed E-state index contributed by atoms with van der Waals surface area (Å²) in [5.41, 5.74) is 0. The van der Waals surface area contributed by atoms with E-state index in [9.17, 15) is 16.8 Å². The van der Waals surface area contributed by atoms with Gasteiger partial charge in [-0.15, -0.1) is 0 Å². The Kier molecular flexibility index (Phi) is 4.68. The van der Waals surface area contributed by atoms with Crippen LogP contribution in [0.3, 0.4) is 0 Å². The molecule has 1 N–H and O–H groups in total. The number of hydrogen-bond donors (Lipinski definition) is 1. The lowest BCUT2D eigenvalue weighted by molar-refractivity contribution is 0.378. The van der Waals surface area contributed by atoms with E-state index in [1.807, 2.05) is 0 Å². The minimum Gasteiger partial charge on any atom is -0.335 e. The summed E-state index contributed by atoms with van der Waals surface area (Å²) in [5, 5.41) is 0.0198. The predicted molar refractivity (Wildman–Crippen MR) is 76.1 cm³/mol. The van der Waals surface area contributed by atoms with Gasteiger partial charge in [0.25, 0.3) is 20.2 Å². The second-order valence-electron chi connectivity index (χ2n) is 4.86. The zero-order valence-electron chi connectivity index (χ0n) is 11.9. The number of aromatic nitrogens is 2. The van der Waals surface area contributed by atoms with Gasteiger partial charge in [-0.25, -0.2) is 13.4 Å². The molecule has 0 saturated carbocycles. The van der Waals surface area contributed by atoms with E-state index >= 15 is 0 Å². The summed E-state index contributed by atoms with van der Waals surface area (Å²) in [6.07, 6.45) is 2.99. The van der Waals surface area contributed by atoms with Crippen LogP contribution in [0.2, 0.25) is 0 Å². The number of aromatic amines is 1. The zero-order chi connectivity index (χ0) is 15.7. The second kappa shape index (κ2) is 6.01. The first-order valence-electron chi connectivity index (χ1n) is 6.42. The van der Waals surface area contributed by atoms with Crippen LogP contribution >= 0.6 is 0 Å². The number of nitrogens with one attached hydrogen (secondary N) is 1. The van der Waals surface area contributed by atoms with Gasteiger partial charge in [-0.2, -0.15) is 21.3 Å². The van der Waals surface area contributed by atoms with Crippen LogP contribution in [0.4, 0.5) is 0 Å². The van der Waals surface area contributed by atoms with Crippen LogP contribution < -0.4 is 0 Å². The molecule has 0 aromatic carbocycles. The van der Waals surface area contributed by atoms with Crippen LogP contribution in [0.5, 0.6) is 0 Å². The van der Waals surface area contributed by atoms with Gasteiger partial charge in [-0.1, -0.05) is 0 Å². The molecule has 0 bridgehead atoms. The van der Waals surface area contributed by atoms with E-state index in [0.29, 0.717) is 13.0 Å². The minimum atomic E-state index is -3.65. The van der Waals surface area contributed by atoms with Crippen molar-refractivity contribution >= 4 is 20.2 Å². The molecular weight excluding hydrogens is 318 g/mol. The summed E-state index contributed by atoms with van der Waals surface area (Å²) in [4.78, 5) is 6.28. The summed E-state index contributed by atoms with van der Waals surface area (Å²) >= 11 is 0. The van der Waals surface area contributed by atoms with Crippen molar-refractivity contribution in [1.82, 2.24) is 22.9 Å². The van der Waals surface area contributed by atoms with E-state index in [-0.39, 0.29) is 24.7 Å². The van der Waals surface area contributed by atoms with Crippen molar-refractivity contribution in [3.8, 4) is 0 Å². The van der Waals surface area contributed by atoms with Gasteiger partial charge >= 0.3 is 0 Å². The number of sulfonamides is 1. The van der Waals surface area contributed by atoms with Gasteiger partial charge in [-0.05, 0) is 6.42 Å². The van der Waals surface area contributed by atoms with Crippen LogP contribution in [-0.2, 0) is 20.2 Å². The predicted octanol–water partition coefficient (Wildman–Crippen LogP) is -1.09. The molecular formula is C10H19N5O4S2. The van der Waals surface area contributed by atoms with Gasteiger partial charge < -0.3 is 4.98 Å². The van der Waals surface area contributed by atoms with E-state index in [1.165, 1.54) is 35.2 Å². The van der Waals surface area contributed by atoms with Gasteiger partial charge in [-0.3, -0.25) is 0 Å². The average Bonchev–Trinajstić information content (AvgIpc) is 2.82. The molecule has 0 aliphatic carbocycles. The lowest BCUT2D eigenvalue weighted by Crippen LogP contribution is -2.42. The summed E-state index contributed by atoms with van der Waals surface area (Å²) in [5.74, 6) is 0. The van der Waals surface area contributed by atoms with Crippen molar-refractivity contribution < 1.29 is 16.8 Å². The third-order valence-electron chi connectivity index (χ3n) is 3.29. The van der Waals surface area contributed by atoms with Crippen molar-refractivity contribution in [2.75, 3.05) is 40.3 Å². The highest BCUT2D eigenvalue weighted by Crippen LogP contribution is 2.17. The molecule has 0 amide bonds. The van der Waals surface area contributed by atoms with Crippen LogP contribution in [0.15, 0.2) is 17.6 Å². The number of nitrogens with zero attached hydrogens (tertiary/aromatic N) is 4. The summed E-state index contributed by atoms with van der Waals surface area (Å²) in [6.45, 7) is 0.832. The van der Waals surface area contributed by atoms with Crippen molar-refractivity contribution in [2.24, 2.45) is 0 Å². The molecule has 11 heteroatoms. The first-order chi connectivity index (χ1) is 9.76. The van der Waals surface area contributed by atoms with Crippen molar-refractivity contribution in [3.63, 3.8) is 0 Å². The maximum absolute atomic E-state index is 12.4. The summed E-state index contributed by atoms with van der Waals surface area (Å²) in [7, 11) is -4.26. The fourth-order valence-corrected chi connectivity index (χ4v) is 4.59. The van der Waals surface area contributed by atoms with Gasteiger partial charge in [0.1, 0.15) is 0 Å². The molecule has 1 saturated heterocycles. The van der Waals surface area contributed by atoms with Gasteiger partial charge in [0.15, 0.2) is 5.03 Å². The zero-order valence-corrected chi connectivity index (χ0v) is 13.6. The topological polar surface area (TPSA) is 107 Å². The SMILES string of the molecule is CN(C)S(=O)(=O)N1CCCN(S(=O)(=O)c2cnc[nH]2)CC1. The van der Waals surface area contributed by atoms with Crippen LogP contribution in [0, 0.1) is 0 Å². The first-order valence-corrected chi connectivity index (χ1v) is 9.26. The molecule has 1 aliphatic rings. The highest BCUT2D eigenvalue weighted by atomic mass is 32.2. The highest BCUT2D eigenvalue weighted by Gasteiger charge is 2.32. The molecule has 0 atom stereocenters. The van der Waals surface area contributed by atoms with Gasteiger partial charge in [0.2, 0.25) is 0 Å². The Balaban J connectivity index is 2.15. The van der Waals surface area contributed by atoms with Crippen LogP contribution in [0.1, 0.15) is 6.42 Å². The first kappa shape index (κ1) is 16.4. The second-order valence-corrected chi connectivity index (χ2v) is 8.91. The molecule has 0 spiro atoms. The van der Waals surface area contributed by atoms with E-state index < -0.39 is 20.2 Å². The third-order valence-corrected chi connectivity index (χ3v) is 7.06. The third kappa shape index (κ3) is 3.26. The number of imidazole rings is 1. The van der Waals surface area contributed by atoms with Crippen molar-refractivity contribution in [1.29, 1.82) is 0 Å². The highest BCUT2D eigenvalue weighted by molar-refractivity contribution is 7.89. The maximum atomic E-state index is 12.4. The Morgan fingerprint density at radius 2 is 1.71 bits per heavy atom. The molecule has 21 heavy (non-hydrogen) atoms. The Hall–Kier alpha value is -1.01. The minimum absolute atomic E-state index is 0.0198. The number of H-pyrrole nitrogens is 1.